The fraction of sp³-hybridized carbons (Fsp3) is 0.250. The van der Waals surface area contributed by atoms with Gasteiger partial charge >= 0.3 is 0 Å². The van der Waals surface area contributed by atoms with Crippen LogP contribution in [0.4, 0.5) is 0 Å². The van der Waals surface area contributed by atoms with Crippen LogP contribution in [-0.2, 0) is 24.5 Å². The lowest BCUT2D eigenvalue weighted by Gasteiger charge is -2.25. The van der Waals surface area contributed by atoms with E-state index in [9.17, 15) is 21.6 Å². The van der Waals surface area contributed by atoms with E-state index < -0.39 is 30.2 Å². The second kappa shape index (κ2) is 9.10. The molecule has 0 aliphatic rings. The van der Waals surface area contributed by atoms with Gasteiger partial charge in [-0.2, -0.15) is 0 Å². The Morgan fingerprint density at radius 2 is 1.26 bits per heavy atom. The van der Waals surface area contributed by atoms with Gasteiger partial charge in [-0.15, -0.1) is 6.58 Å². The molecule has 2 aromatic carbocycles. The Kier molecular flexibility index (Phi) is 7.10. The summed E-state index contributed by atoms with van der Waals surface area (Å²) in [6.07, 6.45) is 2.62. The molecule has 0 heterocycles. The molecule has 0 aliphatic heterocycles. The van der Waals surface area contributed by atoms with Gasteiger partial charge in [0.15, 0.2) is 24.3 Å². The fourth-order valence-corrected chi connectivity index (χ4v) is 8.10. The summed E-state index contributed by atoms with van der Waals surface area (Å²) in [5, 5.41) is 0. The lowest BCUT2D eigenvalue weighted by Crippen LogP contribution is -2.38. The number of carbonyl (C=O) groups excluding carboxylic acids is 1. The maximum absolute atomic E-state index is 13.3. The summed E-state index contributed by atoms with van der Waals surface area (Å²) in [5.74, 6) is -0.879. The van der Waals surface area contributed by atoms with Gasteiger partial charge in [-0.3, -0.25) is 0 Å². The molecule has 27 heavy (non-hydrogen) atoms. The van der Waals surface area contributed by atoms with Gasteiger partial charge in [0.05, 0.1) is 9.79 Å². The van der Waals surface area contributed by atoms with Crippen molar-refractivity contribution in [3.8, 4) is 0 Å². The van der Waals surface area contributed by atoms with Crippen LogP contribution in [0.5, 0.6) is 0 Å². The van der Waals surface area contributed by atoms with E-state index in [-0.39, 0.29) is 22.6 Å². The van der Waals surface area contributed by atoms with Gasteiger partial charge in [0.25, 0.3) is 0 Å². The summed E-state index contributed by atoms with van der Waals surface area (Å²) in [7, 11) is -8.48. The Hall–Kier alpha value is -2.25. The fourth-order valence-electron chi connectivity index (χ4n) is 2.98. The lowest BCUT2D eigenvalue weighted by atomic mass is 10.0. The second-order valence-electron chi connectivity index (χ2n) is 6.11. The molecule has 5 nitrogen and oxygen atoms in total. The second-order valence-corrected chi connectivity index (χ2v) is 10.5. The summed E-state index contributed by atoms with van der Waals surface area (Å²) in [6, 6.07) is 14.9. The van der Waals surface area contributed by atoms with E-state index in [0.29, 0.717) is 12.7 Å². The van der Waals surface area contributed by atoms with Crippen LogP contribution < -0.4 is 0 Å². The van der Waals surface area contributed by atoms with E-state index >= 15 is 0 Å². The molecule has 0 aromatic heterocycles. The Morgan fingerprint density at radius 3 is 1.63 bits per heavy atom. The molecule has 7 heteroatoms. The zero-order valence-corrected chi connectivity index (χ0v) is 16.4. The van der Waals surface area contributed by atoms with Crippen LogP contribution in [0.1, 0.15) is 19.3 Å². The van der Waals surface area contributed by atoms with E-state index in [2.05, 4.69) is 6.58 Å². The van der Waals surface area contributed by atoms with Gasteiger partial charge in [-0.1, -0.05) is 42.5 Å². The Bertz CT molecular complexity index is 896. The minimum absolute atomic E-state index is 0.0796. The highest BCUT2D eigenvalue weighted by Crippen LogP contribution is 2.34. The van der Waals surface area contributed by atoms with E-state index in [1.807, 2.05) is 0 Å². The molecule has 0 amide bonds. The summed E-state index contributed by atoms with van der Waals surface area (Å²) in [4.78, 5) is 11.0. The van der Waals surface area contributed by atoms with E-state index in [0.717, 1.165) is 0 Å². The molecular weight excluding hydrogens is 384 g/mol. The molecule has 0 N–H and O–H groups in total. The van der Waals surface area contributed by atoms with Gasteiger partial charge < -0.3 is 4.79 Å². The quantitative estimate of drug-likeness (QED) is 0.446. The molecule has 0 spiro atoms. The van der Waals surface area contributed by atoms with Crippen molar-refractivity contribution in [1.29, 1.82) is 0 Å². The third-order valence-electron chi connectivity index (χ3n) is 4.28. The van der Waals surface area contributed by atoms with Crippen LogP contribution in [-0.4, -0.2) is 27.7 Å². The van der Waals surface area contributed by atoms with Crippen molar-refractivity contribution in [3.63, 3.8) is 0 Å². The maximum atomic E-state index is 13.3. The standard InChI is InChI=1S/C20H22O5S2/c1-2-3-10-17(15-16-21)20(26(22,23)18-11-6-4-7-12-18)27(24,25)19-13-8-5-9-14-19/h2,4-9,11-14,16-17,20H,1,3,10,15H2/t17-/m1/s1. The van der Waals surface area contributed by atoms with Crippen molar-refractivity contribution in [2.45, 2.75) is 33.6 Å². The molecule has 0 saturated heterocycles. The number of benzene rings is 2. The highest BCUT2D eigenvalue weighted by Gasteiger charge is 2.44. The highest BCUT2D eigenvalue weighted by atomic mass is 32.3. The predicted molar refractivity (Wildman–Crippen MR) is 105 cm³/mol. The minimum Gasteiger partial charge on any atom is -0.303 e. The third-order valence-corrected chi connectivity index (χ3v) is 9.65. The zero-order chi connectivity index (χ0) is 19.9. The first kappa shape index (κ1) is 21.1. The summed E-state index contributed by atoms with van der Waals surface area (Å²) < 4.78 is 51.5. The number of aldehydes is 1. The first-order valence-electron chi connectivity index (χ1n) is 8.48. The van der Waals surface area contributed by atoms with Gasteiger partial charge in [-0.05, 0) is 43.0 Å². The van der Waals surface area contributed by atoms with Crippen LogP contribution in [0.15, 0.2) is 83.1 Å². The van der Waals surface area contributed by atoms with Crippen molar-refractivity contribution in [2.75, 3.05) is 0 Å². The van der Waals surface area contributed by atoms with E-state index in [4.69, 9.17) is 0 Å². The van der Waals surface area contributed by atoms with Crippen molar-refractivity contribution in [2.24, 2.45) is 5.92 Å². The molecular formula is C20H22O5S2. The molecule has 2 aromatic rings. The van der Waals surface area contributed by atoms with Gasteiger partial charge in [0.2, 0.25) is 0 Å². The molecule has 0 radical (unpaired) electrons. The number of hydrogen-bond acceptors (Lipinski definition) is 5. The Morgan fingerprint density at radius 1 is 0.815 bits per heavy atom. The Balaban J connectivity index is 2.68. The van der Waals surface area contributed by atoms with Crippen LogP contribution in [0.3, 0.4) is 0 Å². The normalized spacial score (nSPS) is 13.2. The van der Waals surface area contributed by atoms with Crippen molar-refractivity contribution < 1.29 is 21.6 Å². The van der Waals surface area contributed by atoms with Gasteiger partial charge in [-0.25, -0.2) is 16.8 Å². The molecule has 2 rings (SSSR count). The largest absolute Gasteiger partial charge is 0.303 e. The molecule has 0 unspecified atom stereocenters. The van der Waals surface area contributed by atoms with Crippen molar-refractivity contribution >= 4 is 26.0 Å². The lowest BCUT2D eigenvalue weighted by molar-refractivity contribution is -0.108. The molecule has 144 valence electrons. The molecule has 0 saturated carbocycles. The monoisotopic (exact) mass is 406 g/mol. The number of carbonyl (C=O) groups is 1. The first-order valence-corrected chi connectivity index (χ1v) is 11.6. The number of rotatable bonds is 10. The third kappa shape index (κ3) is 4.73. The van der Waals surface area contributed by atoms with E-state index in [1.165, 1.54) is 48.5 Å². The Labute approximate surface area is 160 Å². The predicted octanol–water partition coefficient (Wildman–Crippen LogP) is 3.43. The summed E-state index contributed by atoms with van der Waals surface area (Å²) in [5.41, 5.74) is 0. The average Bonchev–Trinajstić information content (AvgIpc) is 2.67. The molecule has 0 bridgehead atoms. The summed E-state index contributed by atoms with van der Waals surface area (Å²) in [6.45, 7) is 3.61. The van der Waals surface area contributed by atoms with E-state index in [1.54, 1.807) is 18.2 Å². The number of sulfone groups is 2. The SMILES string of the molecule is C=CCC[C@H](CC=O)C(S(=O)(=O)c1ccccc1)S(=O)(=O)c1ccccc1. The first-order chi connectivity index (χ1) is 12.9. The van der Waals surface area contributed by atoms with Crippen molar-refractivity contribution in [1.82, 2.24) is 0 Å². The molecule has 1 atom stereocenters. The topological polar surface area (TPSA) is 85.3 Å². The molecule has 0 aliphatic carbocycles. The van der Waals surface area contributed by atoms with Crippen LogP contribution >= 0.6 is 0 Å². The number of hydrogen-bond donors (Lipinski definition) is 0. The maximum Gasteiger partial charge on any atom is 0.196 e. The summed E-state index contributed by atoms with van der Waals surface area (Å²) >= 11 is 0. The molecule has 0 fully saturated rings. The van der Waals surface area contributed by atoms with Crippen molar-refractivity contribution in [3.05, 3.63) is 73.3 Å². The highest BCUT2D eigenvalue weighted by molar-refractivity contribution is 8.09. The number of allylic oxidation sites excluding steroid dienone is 1. The minimum atomic E-state index is -4.24. The van der Waals surface area contributed by atoms with Crippen LogP contribution in [0.25, 0.3) is 0 Å². The van der Waals surface area contributed by atoms with Crippen LogP contribution in [0, 0.1) is 5.92 Å². The van der Waals surface area contributed by atoms with Gasteiger partial charge in [0.1, 0.15) is 6.29 Å². The average molecular weight is 407 g/mol. The smallest absolute Gasteiger partial charge is 0.196 e. The van der Waals surface area contributed by atoms with Crippen LogP contribution in [0.2, 0.25) is 0 Å². The van der Waals surface area contributed by atoms with Gasteiger partial charge in [0, 0.05) is 6.42 Å². The zero-order valence-electron chi connectivity index (χ0n) is 14.8.